The lowest BCUT2D eigenvalue weighted by molar-refractivity contribution is -0.132. The highest BCUT2D eigenvalue weighted by atomic mass is 19.1. The summed E-state index contributed by atoms with van der Waals surface area (Å²) >= 11 is 0. The summed E-state index contributed by atoms with van der Waals surface area (Å²) in [5.74, 6) is -1.72. The molecule has 0 saturated carbocycles. The van der Waals surface area contributed by atoms with E-state index in [-0.39, 0.29) is 28.4 Å². The molecule has 6 heteroatoms. The lowest BCUT2D eigenvalue weighted by Gasteiger charge is -2.13. The van der Waals surface area contributed by atoms with Gasteiger partial charge in [-0.1, -0.05) is 25.3 Å². The van der Waals surface area contributed by atoms with Crippen molar-refractivity contribution in [3.05, 3.63) is 66.5 Å². The van der Waals surface area contributed by atoms with Gasteiger partial charge < -0.3 is 14.2 Å². The summed E-state index contributed by atoms with van der Waals surface area (Å²) in [6.07, 6.45) is 0. The van der Waals surface area contributed by atoms with E-state index in [9.17, 15) is 14.0 Å². The van der Waals surface area contributed by atoms with Crippen molar-refractivity contribution in [3.8, 4) is 28.4 Å². The van der Waals surface area contributed by atoms with Crippen LogP contribution >= 0.6 is 0 Å². The molecular weight excluding hydrogens is 351 g/mol. The molecule has 0 aromatic heterocycles. The first-order chi connectivity index (χ1) is 12.7. The van der Waals surface area contributed by atoms with Gasteiger partial charge in [-0.2, -0.15) is 0 Å². The number of benzene rings is 2. The molecule has 0 fully saturated rings. The summed E-state index contributed by atoms with van der Waals surface area (Å²) in [7, 11) is 1.37. The van der Waals surface area contributed by atoms with E-state index < -0.39 is 17.8 Å². The van der Waals surface area contributed by atoms with Crippen molar-refractivity contribution in [3.63, 3.8) is 0 Å². The molecular formula is C21H19FO5. The Morgan fingerprint density at radius 1 is 0.815 bits per heavy atom. The van der Waals surface area contributed by atoms with E-state index in [0.717, 1.165) is 0 Å². The summed E-state index contributed by atoms with van der Waals surface area (Å²) in [5, 5.41) is 0. The molecule has 0 heterocycles. The van der Waals surface area contributed by atoms with Gasteiger partial charge in [0, 0.05) is 11.1 Å². The number of carbonyl (C=O) groups is 2. The Hall–Kier alpha value is -3.41. The predicted octanol–water partition coefficient (Wildman–Crippen LogP) is 4.46. The zero-order valence-electron chi connectivity index (χ0n) is 15.3. The highest BCUT2D eigenvalue weighted by Gasteiger charge is 2.16. The quantitative estimate of drug-likeness (QED) is 0.427. The Morgan fingerprint density at radius 2 is 1.30 bits per heavy atom. The van der Waals surface area contributed by atoms with Crippen molar-refractivity contribution in [1.82, 2.24) is 0 Å². The van der Waals surface area contributed by atoms with Crippen molar-refractivity contribution in [1.29, 1.82) is 0 Å². The van der Waals surface area contributed by atoms with Gasteiger partial charge in [0.1, 0.15) is 0 Å². The summed E-state index contributed by atoms with van der Waals surface area (Å²) in [4.78, 5) is 23.7. The fourth-order valence-corrected chi connectivity index (χ4v) is 2.07. The third-order valence-corrected chi connectivity index (χ3v) is 3.53. The van der Waals surface area contributed by atoms with Crippen molar-refractivity contribution in [2.75, 3.05) is 7.11 Å². The summed E-state index contributed by atoms with van der Waals surface area (Å²) in [6, 6.07) is 8.97. The first-order valence-electron chi connectivity index (χ1n) is 7.96. The fraction of sp³-hybridized carbons (Fsp3) is 0.143. The van der Waals surface area contributed by atoms with Crippen LogP contribution in [-0.2, 0) is 9.59 Å². The van der Waals surface area contributed by atoms with Crippen LogP contribution in [0.1, 0.15) is 13.8 Å². The summed E-state index contributed by atoms with van der Waals surface area (Å²) in [5.41, 5.74) is 1.44. The van der Waals surface area contributed by atoms with E-state index in [4.69, 9.17) is 14.2 Å². The Bertz CT molecular complexity index is 930. The van der Waals surface area contributed by atoms with Crippen LogP contribution in [0.3, 0.4) is 0 Å². The van der Waals surface area contributed by atoms with Gasteiger partial charge >= 0.3 is 11.9 Å². The van der Waals surface area contributed by atoms with Crippen LogP contribution in [-0.4, -0.2) is 19.0 Å². The number of ether oxygens (including phenoxy) is 3. The number of esters is 2. The molecule has 0 atom stereocenters. The van der Waals surface area contributed by atoms with E-state index in [1.807, 2.05) is 0 Å². The maximum absolute atomic E-state index is 14.0. The van der Waals surface area contributed by atoms with Crippen LogP contribution in [0.2, 0.25) is 0 Å². The highest BCUT2D eigenvalue weighted by molar-refractivity contribution is 5.91. The van der Waals surface area contributed by atoms with Crippen LogP contribution in [0, 0.1) is 5.82 Å². The number of halogens is 1. The van der Waals surface area contributed by atoms with Gasteiger partial charge in [-0.3, -0.25) is 0 Å². The lowest BCUT2D eigenvalue weighted by Crippen LogP contribution is -2.12. The van der Waals surface area contributed by atoms with Gasteiger partial charge in [0.15, 0.2) is 23.1 Å². The molecule has 2 aromatic rings. The van der Waals surface area contributed by atoms with Crippen molar-refractivity contribution < 1.29 is 28.2 Å². The molecule has 0 bridgehead atoms. The second-order valence-electron chi connectivity index (χ2n) is 5.85. The molecule has 0 amide bonds. The molecule has 0 saturated heterocycles. The number of methoxy groups -OCH3 is 1. The molecule has 0 aliphatic rings. The molecule has 140 valence electrons. The van der Waals surface area contributed by atoms with E-state index in [1.54, 1.807) is 12.1 Å². The van der Waals surface area contributed by atoms with Gasteiger partial charge in [0.2, 0.25) is 0 Å². The zero-order valence-corrected chi connectivity index (χ0v) is 15.3. The number of hydrogen-bond donors (Lipinski definition) is 0. The highest BCUT2D eigenvalue weighted by Crippen LogP contribution is 2.35. The van der Waals surface area contributed by atoms with Crippen LogP contribution in [0.15, 0.2) is 60.7 Å². The topological polar surface area (TPSA) is 61.8 Å². The molecule has 0 aliphatic carbocycles. The van der Waals surface area contributed by atoms with E-state index in [2.05, 4.69) is 13.2 Å². The second kappa shape index (κ2) is 8.31. The third kappa shape index (κ3) is 4.82. The molecule has 0 spiro atoms. The second-order valence-corrected chi connectivity index (χ2v) is 5.85. The molecule has 2 rings (SSSR count). The number of rotatable bonds is 6. The van der Waals surface area contributed by atoms with Gasteiger partial charge in [-0.25, -0.2) is 14.0 Å². The van der Waals surface area contributed by atoms with Gasteiger partial charge in [-0.15, -0.1) is 0 Å². The molecule has 0 unspecified atom stereocenters. The van der Waals surface area contributed by atoms with Crippen molar-refractivity contribution >= 4 is 11.9 Å². The van der Waals surface area contributed by atoms with E-state index in [0.29, 0.717) is 11.1 Å². The normalized spacial score (nSPS) is 10.1. The van der Waals surface area contributed by atoms with E-state index in [1.165, 1.54) is 45.2 Å². The zero-order chi connectivity index (χ0) is 20.1. The molecule has 0 N–H and O–H groups in total. The molecule has 27 heavy (non-hydrogen) atoms. The number of hydrogen-bond acceptors (Lipinski definition) is 5. The molecule has 0 radical (unpaired) electrons. The lowest BCUT2D eigenvalue weighted by atomic mass is 10.0. The van der Waals surface area contributed by atoms with Gasteiger partial charge in [0.05, 0.1) is 7.11 Å². The van der Waals surface area contributed by atoms with E-state index >= 15 is 0 Å². The molecule has 0 aliphatic heterocycles. The minimum Gasteiger partial charge on any atom is -0.494 e. The molecule has 5 nitrogen and oxygen atoms in total. The van der Waals surface area contributed by atoms with Crippen LogP contribution < -0.4 is 14.2 Å². The Labute approximate surface area is 156 Å². The maximum Gasteiger partial charge on any atom is 0.338 e. The Kier molecular flexibility index (Phi) is 6.13. The Morgan fingerprint density at radius 3 is 1.78 bits per heavy atom. The largest absolute Gasteiger partial charge is 0.494 e. The smallest absolute Gasteiger partial charge is 0.338 e. The first-order valence-corrected chi connectivity index (χ1v) is 7.96. The summed E-state index contributed by atoms with van der Waals surface area (Å²) < 4.78 is 29.4. The van der Waals surface area contributed by atoms with Crippen LogP contribution in [0.5, 0.6) is 17.2 Å². The van der Waals surface area contributed by atoms with Gasteiger partial charge in [0.25, 0.3) is 0 Å². The average Bonchev–Trinajstić information content (AvgIpc) is 2.62. The van der Waals surface area contributed by atoms with Crippen LogP contribution in [0.4, 0.5) is 4.39 Å². The maximum atomic E-state index is 14.0. The standard InChI is InChI=1S/C21H19FO5/c1-12(2)20(23)26-18-9-7-15(11-19(18)27-21(24)13(3)4)14-6-8-17(25-5)16(22)10-14/h6-11H,1,3H2,2,4-5H3. The van der Waals surface area contributed by atoms with Crippen molar-refractivity contribution in [2.24, 2.45) is 0 Å². The monoisotopic (exact) mass is 370 g/mol. The number of carbonyl (C=O) groups excluding carboxylic acids is 2. The third-order valence-electron chi connectivity index (χ3n) is 3.53. The molecule has 2 aromatic carbocycles. The van der Waals surface area contributed by atoms with Crippen LogP contribution in [0.25, 0.3) is 11.1 Å². The average molecular weight is 370 g/mol. The first kappa shape index (κ1) is 19.9. The Balaban J connectivity index is 2.47. The fourth-order valence-electron chi connectivity index (χ4n) is 2.07. The summed E-state index contributed by atoms with van der Waals surface area (Å²) in [6.45, 7) is 10.0. The minimum atomic E-state index is -0.680. The van der Waals surface area contributed by atoms with Crippen molar-refractivity contribution in [2.45, 2.75) is 13.8 Å². The van der Waals surface area contributed by atoms with Gasteiger partial charge in [-0.05, 0) is 49.2 Å². The minimum absolute atomic E-state index is 0.00586. The predicted molar refractivity (Wildman–Crippen MR) is 99.3 cm³/mol. The SMILES string of the molecule is C=C(C)C(=O)Oc1ccc(-c2ccc(OC)c(F)c2)cc1OC(=O)C(=C)C.